The smallest absolute Gasteiger partial charge is 0.223 e. The van der Waals surface area contributed by atoms with E-state index < -0.39 is 0 Å². The molecule has 0 aromatic rings. The molecule has 0 aromatic carbocycles. The van der Waals surface area contributed by atoms with E-state index in [4.69, 9.17) is 0 Å². The Labute approximate surface area is 121 Å². The first-order valence-corrected chi connectivity index (χ1v) is 7.89. The van der Waals surface area contributed by atoms with Crippen LogP contribution in [0.2, 0.25) is 0 Å². The second-order valence-electron chi connectivity index (χ2n) is 6.07. The fourth-order valence-corrected chi connectivity index (χ4v) is 3.32. The van der Waals surface area contributed by atoms with Crippen molar-refractivity contribution in [1.29, 1.82) is 0 Å². The lowest BCUT2D eigenvalue weighted by Gasteiger charge is -2.28. The number of rotatable bonds is 5. The summed E-state index contributed by atoms with van der Waals surface area (Å²) < 4.78 is 0. The topological polar surface area (TPSA) is 58.2 Å². The lowest BCUT2D eigenvalue weighted by molar-refractivity contribution is -0.130. The number of hydrogen-bond acceptors (Lipinski definition) is 2. The van der Waals surface area contributed by atoms with E-state index in [0.29, 0.717) is 12.6 Å². The maximum absolute atomic E-state index is 12.2. The molecule has 2 N–H and O–H groups in total. The molecular formula is C16H26N2O2. The number of nitrogens with one attached hydrogen (secondary N) is 2. The molecule has 20 heavy (non-hydrogen) atoms. The second kappa shape index (κ2) is 7.46. The number of carbonyl (C=O) groups is 2. The lowest BCUT2D eigenvalue weighted by atomic mass is 9.81. The molecule has 0 aromatic heterocycles. The van der Waals surface area contributed by atoms with Crippen LogP contribution in [0.1, 0.15) is 51.4 Å². The van der Waals surface area contributed by atoms with Gasteiger partial charge >= 0.3 is 0 Å². The molecule has 2 rings (SSSR count). The Morgan fingerprint density at radius 2 is 1.50 bits per heavy atom. The average Bonchev–Trinajstić information content (AvgIpc) is 2.97. The van der Waals surface area contributed by atoms with Gasteiger partial charge in [0.2, 0.25) is 11.8 Å². The summed E-state index contributed by atoms with van der Waals surface area (Å²) in [5.41, 5.74) is 0. The zero-order valence-corrected chi connectivity index (χ0v) is 12.2. The van der Waals surface area contributed by atoms with Crippen LogP contribution in [-0.2, 0) is 9.59 Å². The van der Waals surface area contributed by atoms with Gasteiger partial charge in [0.25, 0.3) is 0 Å². The summed E-state index contributed by atoms with van der Waals surface area (Å²) in [6, 6.07) is 0.399. The molecule has 4 heteroatoms. The molecule has 0 aliphatic heterocycles. The van der Waals surface area contributed by atoms with Crippen LogP contribution in [-0.4, -0.2) is 24.4 Å². The van der Waals surface area contributed by atoms with Crippen molar-refractivity contribution in [3.63, 3.8) is 0 Å². The van der Waals surface area contributed by atoms with Gasteiger partial charge in [0.05, 0.1) is 0 Å². The van der Waals surface area contributed by atoms with Crippen LogP contribution in [0.3, 0.4) is 0 Å². The maximum atomic E-state index is 12.2. The van der Waals surface area contributed by atoms with E-state index in [-0.39, 0.29) is 23.7 Å². The minimum atomic E-state index is 0.0745. The Bertz CT molecular complexity index is 353. The Kier molecular flexibility index (Phi) is 5.62. The molecule has 0 unspecified atom stereocenters. The quantitative estimate of drug-likeness (QED) is 0.757. The molecule has 0 spiro atoms. The van der Waals surface area contributed by atoms with Gasteiger partial charge in [-0.15, -0.1) is 6.58 Å². The summed E-state index contributed by atoms with van der Waals surface area (Å²) in [4.78, 5) is 24.0. The molecule has 2 fully saturated rings. The van der Waals surface area contributed by atoms with E-state index in [9.17, 15) is 9.59 Å². The van der Waals surface area contributed by atoms with Crippen LogP contribution >= 0.6 is 0 Å². The van der Waals surface area contributed by atoms with Gasteiger partial charge in [-0.2, -0.15) is 0 Å². The van der Waals surface area contributed by atoms with Crippen LogP contribution in [0.4, 0.5) is 0 Å². The summed E-state index contributed by atoms with van der Waals surface area (Å²) in [6.07, 6.45) is 9.75. The number of carbonyl (C=O) groups excluding carboxylic acids is 2. The van der Waals surface area contributed by atoms with Crippen molar-refractivity contribution >= 4 is 11.8 Å². The third-order valence-corrected chi connectivity index (χ3v) is 4.59. The minimum absolute atomic E-state index is 0.0745. The zero-order chi connectivity index (χ0) is 14.4. The molecule has 112 valence electrons. The van der Waals surface area contributed by atoms with Gasteiger partial charge in [-0.1, -0.05) is 18.9 Å². The molecule has 0 atom stereocenters. The van der Waals surface area contributed by atoms with Crippen molar-refractivity contribution in [3.05, 3.63) is 12.7 Å². The predicted octanol–water partition coefficient (Wildman–Crippen LogP) is 2.15. The second-order valence-corrected chi connectivity index (χ2v) is 6.07. The van der Waals surface area contributed by atoms with Gasteiger partial charge in [0, 0.05) is 24.4 Å². The summed E-state index contributed by atoms with van der Waals surface area (Å²) >= 11 is 0. The van der Waals surface area contributed by atoms with Gasteiger partial charge < -0.3 is 10.6 Å². The maximum Gasteiger partial charge on any atom is 0.223 e. The Morgan fingerprint density at radius 1 is 0.950 bits per heavy atom. The molecular weight excluding hydrogens is 252 g/mol. The highest BCUT2D eigenvalue weighted by atomic mass is 16.2. The molecule has 4 nitrogen and oxygen atoms in total. The summed E-state index contributed by atoms with van der Waals surface area (Å²) in [5, 5.41) is 6.02. The fraction of sp³-hybridized carbons (Fsp3) is 0.750. The van der Waals surface area contributed by atoms with Crippen molar-refractivity contribution in [2.24, 2.45) is 11.8 Å². The van der Waals surface area contributed by atoms with E-state index >= 15 is 0 Å². The minimum Gasteiger partial charge on any atom is -0.353 e. The van der Waals surface area contributed by atoms with Crippen molar-refractivity contribution < 1.29 is 9.59 Å². The van der Waals surface area contributed by atoms with Crippen LogP contribution in [0.25, 0.3) is 0 Å². The standard InChI is InChI=1S/C16H26N2O2/c1-2-11-17-15(19)12-7-9-13(10-8-12)16(20)18-14-5-3-4-6-14/h2,12-14H,1,3-11H2,(H,17,19)(H,18,20). The largest absolute Gasteiger partial charge is 0.353 e. The molecule has 2 amide bonds. The van der Waals surface area contributed by atoms with Crippen LogP contribution in [0.15, 0.2) is 12.7 Å². The van der Waals surface area contributed by atoms with Crippen molar-refractivity contribution in [2.45, 2.75) is 57.4 Å². The first-order chi connectivity index (χ1) is 9.70. The molecule has 2 saturated carbocycles. The Balaban J connectivity index is 1.71. The highest BCUT2D eigenvalue weighted by Crippen LogP contribution is 2.29. The van der Waals surface area contributed by atoms with Crippen LogP contribution < -0.4 is 10.6 Å². The Morgan fingerprint density at radius 3 is 2.05 bits per heavy atom. The lowest BCUT2D eigenvalue weighted by Crippen LogP contribution is -2.40. The third-order valence-electron chi connectivity index (χ3n) is 4.59. The third kappa shape index (κ3) is 4.09. The molecule has 0 saturated heterocycles. The molecule has 0 bridgehead atoms. The van der Waals surface area contributed by atoms with E-state index in [1.165, 1.54) is 12.8 Å². The van der Waals surface area contributed by atoms with Gasteiger partial charge in [-0.3, -0.25) is 9.59 Å². The van der Waals surface area contributed by atoms with Gasteiger partial charge in [-0.05, 0) is 38.5 Å². The molecule has 2 aliphatic carbocycles. The summed E-state index contributed by atoms with van der Waals surface area (Å²) in [7, 11) is 0. The normalized spacial score (nSPS) is 27.0. The highest BCUT2D eigenvalue weighted by molar-refractivity contribution is 5.81. The molecule has 0 radical (unpaired) electrons. The van der Waals surface area contributed by atoms with Crippen molar-refractivity contribution in [3.8, 4) is 0 Å². The molecule has 2 aliphatic rings. The first-order valence-electron chi connectivity index (χ1n) is 7.89. The fourth-order valence-electron chi connectivity index (χ4n) is 3.32. The first kappa shape index (κ1) is 15.1. The summed E-state index contributed by atoms with van der Waals surface area (Å²) in [6.45, 7) is 4.12. The predicted molar refractivity (Wildman–Crippen MR) is 79.1 cm³/mol. The molecule has 0 heterocycles. The van der Waals surface area contributed by atoms with Crippen molar-refractivity contribution in [2.75, 3.05) is 6.54 Å². The number of amides is 2. The van der Waals surface area contributed by atoms with Gasteiger partial charge in [0.1, 0.15) is 0 Å². The zero-order valence-electron chi connectivity index (χ0n) is 12.2. The van der Waals surface area contributed by atoms with E-state index in [0.717, 1.165) is 38.5 Å². The van der Waals surface area contributed by atoms with Crippen LogP contribution in [0, 0.1) is 11.8 Å². The van der Waals surface area contributed by atoms with Crippen molar-refractivity contribution in [1.82, 2.24) is 10.6 Å². The SMILES string of the molecule is C=CCNC(=O)C1CCC(C(=O)NC2CCCC2)CC1. The average molecular weight is 278 g/mol. The Hall–Kier alpha value is -1.32. The van der Waals surface area contributed by atoms with E-state index in [1.807, 2.05) is 0 Å². The highest BCUT2D eigenvalue weighted by Gasteiger charge is 2.30. The van der Waals surface area contributed by atoms with E-state index in [1.54, 1.807) is 6.08 Å². The van der Waals surface area contributed by atoms with Gasteiger partial charge in [0.15, 0.2) is 0 Å². The van der Waals surface area contributed by atoms with Crippen LogP contribution in [0.5, 0.6) is 0 Å². The van der Waals surface area contributed by atoms with E-state index in [2.05, 4.69) is 17.2 Å². The monoisotopic (exact) mass is 278 g/mol. The summed E-state index contributed by atoms with van der Waals surface area (Å²) in [5.74, 6) is 0.505. The van der Waals surface area contributed by atoms with Gasteiger partial charge in [-0.25, -0.2) is 0 Å². The number of hydrogen-bond donors (Lipinski definition) is 2.